The summed E-state index contributed by atoms with van der Waals surface area (Å²) in [5.41, 5.74) is 3.94. The lowest BCUT2D eigenvalue weighted by atomic mass is 10.1. The molecule has 4 rings (SSSR count). The Hall–Kier alpha value is -2.39. The lowest BCUT2D eigenvalue weighted by Gasteiger charge is -2.17. The SMILES string of the molecule is C[Si](C)(C)c1cccc(-c2cc3c(cn2)oc2ccccc23)c1. The molecule has 0 fully saturated rings. The number of pyridine rings is 1. The number of para-hydroxylation sites is 1. The molecule has 2 heterocycles. The molecule has 4 aromatic rings. The van der Waals surface area contributed by atoms with Crippen molar-refractivity contribution in [3.63, 3.8) is 0 Å². The van der Waals surface area contributed by atoms with Crippen molar-refractivity contribution < 1.29 is 4.42 Å². The second kappa shape index (κ2) is 5.07. The van der Waals surface area contributed by atoms with Crippen LogP contribution in [0.25, 0.3) is 33.2 Å². The number of benzene rings is 2. The van der Waals surface area contributed by atoms with Crippen molar-refractivity contribution in [2.45, 2.75) is 19.6 Å². The van der Waals surface area contributed by atoms with Crippen LogP contribution in [0, 0.1) is 0 Å². The minimum atomic E-state index is -1.33. The van der Waals surface area contributed by atoms with Crippen molar-refractivity contribution in [2.75, 3.05) is 0 Å². The Kier molecular flexibility index (Phi) is 3.13. The van der Waals surface area contributed by atoms with E-state index >= 15 is 0 Å². The molecule has 0 aliphatic heterocycles. The molecule has 0 unspecified atom stereocenters. The van der Waals surface area contributed by atoms with Crippen molar-refractivity contribution >= 4 is 35.2 Å². The van der Waals surface area contributed by atoms with E-state index in [0.717, 1.165) is 27.6 Å². The maximum atomic E-state index is 5.87. The molecule has 2 aromatic heterocycles. The van der Waals surface area contributed by atoms with E-state index in [0.29, 0.717) is 0 Å². The third-order valence-corrected chi connectivity index (χ3v) is 6.33. The molecule has 0 aliphatic rings. The van der Waals surface area contributed by atoms with Crippen LogP contribution in [0.1, 0.15) is 0 Å². The van der Waals surface area contributed by atoms with Gasteiger partial charge in [-0.15, -0.1) is 0 Å². The van der Waals surface area contributed by atoms with Crippen molar-refractivity contribution in [1.82, 2.24) is 4.98 Å². The average molecular weight is 317 g/mol. The summed E-state index contributed by atoms with van der Waals surface area (Å²) < 4.78 is 5.87. The van der Waals surface area contributed by atoms with Gasteiger partial charge in [-0.05, 0) is 12.1 Å². The minimum absolute atomic E-state index is 0.844. The first-order valence-corrected chi connectivity index (χ1v) is 11.4. The minimum Gasteiger partial charge on any atom is -0.454 e. The maximum absolute atomic E-state index is 5.87. The predicted octanol–water partition coefficient (Wildman–Crippen LogP) is 5.19. The maximum Gasteiger partial charge on any atom is 0.153 e. The molecule has 3 heteroatoms. The zero-order valence-corrected chi connectivity index (χ0v) is 14.6. The Morgan fingerprint density at radius 2 is 1.65 bits per heavy atom. The van der Waals surface area contributed by atoms with Gasteiger partial charge in [-0.25, -0.2) is 0 Å². The molecule has 114 valence electrons. The van der Waals surface area contributed by atoms with Crippen molar-refractivity contribution in [3.8, 4) is 11.3 Å². The zero-order valence-electron chi connectivity index (χ0n) is 13.6. The molecule has 0 atom stereocenters. The largest absolute Gasteiger partial charge is 0.454 e. The molecule has 2 nitrogen and oxygen atoms in total. The van der Waals surface area contributed by atoms with Crippen LogP contribution in [-0.4, -0.2) is 13.1 Å². The molecule has 0 saturated carbocycles. The van der Waals surface area contributed by atoms with Crippen LogP contribution in [0.3, 0.4) is 0 Å². The number of rotatable bonds is 2. The van der Waals surface area contributed by atoms with Gasteiger partial charge in [-0.1, -0.05) is 67.3 Å². The molecule has 0 radical (unpaired) electrons. The van der Waals surface area contributed by atoms with Crippen LogP contribution >= 0.6 is 0 Å². The lowest BCUT2D eigenvalue weighted by molar-refractivity contribution is 0.667. The first-order valence-electron chi connectivity index (χ1n) is 7.90. The summed E-state index contributed by atoms with van der Waals surface area (Å²) in [6, 6.07) is 19.1. The van der Waals surface area contributed by atoms with Crippen LogP contribution in [0.4, 0.5) is 0 Å². The second-order valence-electron chi connectivity index (χ2n) is 6.99. The molecular weight excluding hydrogens is 298 g/mol. The van der Waals surface area contributed by atoms with Gasteiger partial charge in [0.05, 0.1) is 20.0 Å². The van der Waals surface area contributed by atoms with Crippen LogP contribution in [0.15, 0.2) is 65.2 Å². The van der Waals surface area contributed by atoms with Crippen LogP contribution in [-0.2, 0) is 0 Å². The van der Waals surface area contributed by atoms with Gasteiger partial charge in [-0.3, -0.25) is 4.98 Å². The number of hydrogen-bond acceptors (Lipinski definition) is 2. The van der Waals surface area contributed by atoms with E-state index in [2.05, 4.69) is 61.0 Å². The molecule has 0 aliphatic carbocycles. The number of fused-ring (bicyclic) bond motifs is 3. The standard InChI is InChI=1S/C20H19NOSi/c1-23(2,3)15-8-6-7-14(11-15)18-12-17-16-9-4-5-10-19(16)22-20(17)13-21-18/h4-13H,1-3H3. The Labute approximate surface area is 136 Å². The highest BCUT2D eigenvalue weighted by Crippen LogP contribution is 2.30. The molecule has 2 aromatic carbocycles. The highest BCUT2D eigenvalue weighted by atomic mass is 28.3. The van der Waals surface area contributed by atoms with Crippen molar-refractivity contribution in [1.29, 1.82) is 0 Å². The summed E-state index contributed by atoms with van der Waals surface area (Å²) in [7, 11) is -1.33. The number of furan rings is 1. The molecule has 0 bridgehead atoms. The average Bonchev–Trinajstić information content (AvgIpc) is 2.92. The van der Waals surface area contributed by atoms with E-state index in [4.69, 9.17) is 4.42 Å². The highest BCUT2D eigenvalue weighted by molar-refractivity contribution is 6.88. The first-order chi connectivity index (χ1) is 11.0. The Morgan fingerprint density at radius 1 is 0.826 bits per heavy atom. The zero-order chi connectivity index (χ0) is 16.0. The fourth-order valence-corrected chi connectivity index (χ4v) is 4.12. The van der Waals surface area contributed by atoms with Crippen molar-refractivity contribution in [3.05, 3.63) is 60.8 Å². The van der Waals surface area contributed by atoms with Crippen LogP contribution in [0.2, 0.25) is 19.6 Å². The normalized spacial score (nSPS) is 12.1. The summed E-state index contributed by atoms with van der Waals surface area (Å²) in [5.74, 6) is 0. The number of hydrogen-bond donors (Lipinski definition) is 0. The molecule has 23 heavy (non-hydrogen) atoms. The summed E-state index contributed by atoms with van der Waals surface area (Å²) in [6.45, 7) is 7.10. The number of aromatic nitrogens is 1. The molecule has 0 spiro atoms. The van der Waals surface area contributed by atoms with E-state index in [9.17, 15) is 0 Å². The summed E-state index contributed by atoms with van der Waals surface area (Å²) >= 11 is 0. The van der Waals surface area contributed by atoms with Gasteiger partial charge in [0.1, 0.15) is 5.58 Å². The van der Waals surface area contributed by atoms with E-state index in [-0.39, 0.29) is 0 Å². The lowest BCUT2D eigenvalue weighted by Crippen LogP contribution is -2.37. The van der Waals surface area contributed by atoms with Crippen molar-refractivity contribution in [2.24, 2.45) is 0 Å². The molecule has 0 saturated heterocycles. The van der Waals surface area contributed by atoms with Gasteiger partial charge < -0.3 is 4.42 Å². The van der Waals surface area contributed by atoms with Gasteiger partial charge >= 0.3 is 0 Å². The molecular formula is C20H19NOSi. The van der Waals surface area contributed by atoms with Crippen LogP contribution in [0.5, 0.6) is 0 Å². The highest BCUT2D eigenvalue weighted by Gasteiger charge is 2.17. The molecule has 0 N–H and O–H groups in total. The summed E-state index contributed by atoms with van der Waals surface area (Å²) in [6.07, 6.45) is 1.84. The van der Waals surface area contributed by atoms with Gasteiger partial charge in [-0.2, -0.15) is 0 Å². The van der Waals surface area contributed by atoms with E-state index in [1.807, 2.05) is 24.4 Å². The monoisotopic (exact) mass is 317 g/mol. The van der Waals surface area contributed by atoms with Crippen LogP contribution < -0.4 is 5.19 Å². The van der Waals surface area contributed by atoms with Gasteiger partial charge in [0.25, 0.3) is 0 Å². The Balaban J connectivity index is 1.91. The fourth-order valence-electron chi connectivity index (χ4n) is 2.93. The van der Waals surface area contributed by atoms with E-state index in [1.54, 1.807) is 0 Å². The third kappa shape index (κ3) is 2.47. The van der Waals surface area contributed by atoms with Gasteiger partial charge in [0.15, 0.2) is 5.58 Å². The van der Waals surface area contributed by atoms with Gasteiger partial charge in [0, 0.05) is 16.3 Å². The first kappa shape index (κ1) is 14.2. The van der Waals surface area contributed by atoms with E-state index < -0.39 is 8.07 Å². The topological polar surface area (TPSA) is 26.0 Å². The second-order valence-corrected chi connectivity index (χ2v) is 12.1. The Morgan fingerprint density at radius 3 is 2.48 bits per heavy atom. The molecule has 0 amide bonds. The number of nitrogens with zero attached hydrogens (tertiary/aromatic N) is 1. The smallest absolute Gasteiger partial charge is 0.153 e. The summed E-state index contributed by atoms with van der Waals surface area (Å²) in [4.78, 5) is 4.62. The predicted molar refractivity (Wildman–Crippen MR) is 99.9 cm³/mol. The Bertz CT molecular complexity index is 1010. The van der Waals surface area contributed by atoms with Gasteiger partial charge in [0.2, 0.25) is 0 Å². The fraction of sp³-hybridized carbons (Fsp3) is 0.150. The summed E-state index contributed by atoms with van der Waals surface area (Å²) in [5, 5.41) is 3.73. The van der Waals surface area contributed by atoms with E-state index in [1.165, 1.54) is 10.8 Å². The third-order valence-electron chi connectivity index (χ3n) is 4.29. The quantitative estimate of drug-likeness (QED) is 0.475.